The number of aromatic nitrogens is 1. The third kappa shape index (κ3) is 5.94. The van der Waals surface area contributed by atoms with Crippen LogP contribution in [0.25, 0.3) is 10.9 Å². The molecule has 0 radical (unpaired) electrons. The number of amides is 3. The smallest absolute Gasteiger partial charge is 0.253 e. The van der Waals surface area contributed by atoms with Crippen LogP contribution >= 0.6 is 0 Å². The van der Waals surface area contributed by atoms with Crippen molar-refractivity contribution in [2.24, 2.45) is 5.92 Å². The van der Waals surface area contributed by atoms with Gasteiger partial charge in [0.1, 0.15) is 12.4 Å². The van der Waals surface area contributed by atoms with E-state index >= 15 is 0 Å². The quantitative estimate of drug-likeness (QED) is 0.243. The van der Waals surface area contributed by atoms with Gasteiger partial charge in [0.15, 0.2) is 0 Å². The minimum absolute atomic E-state index is 0.0704. The highest BCUT2D eigenvalue weighted by Gasteiger charge is 2.37. The third-order valence-electron chi connectivity index (χ3n) is 7.12. The van der Waals surface area contributed by atoms with Crippen molar-refractivity contribution in [1.29, 1.82) is 0 Å². The number of benzene rings is 3. The first-order chi connectivity index (χ1) is 19.4. The summed E-state index contributed by atoms with van der Waals surface area (Å²) in [6.07, 6.45) is 0.364. The van der Waals surface area contributed by atoms with Crippen LogP contribution in [0.3, 0.4) is 0 Å². The largest absolute Gasteiger partial charge is 0.489 e. The summed E-state index contributed by atoms with van der Waals surface area (Å²) in [6.45, 7) is 2.74. The standard InChI is InChI=1S/C31H30N4O5/c1-20-17-23(25-9-5-6-10-27(25)32-20)19-40-24-13-11-21(12-14-24)29(36)33-28-15-16-35(18-26(28)30(37)34-39)31(38)22-7-3-2-4-8-22/h2-14,17,26,28,39H,15-16,18-19H2,1H3,(H,33,36)(H,34,37). The molecule has 0 spiro atoms. The first-order valence-electron chi connectivity index (χ1n) is 13.1. The van der Waals surface area contributed by atoms with Crippen molar-refractivity contribution in [3.63, 3.8) is 0 Å². The summed E-state index contributed by atoms with van der Waals surface area (Å²) >= 11 is 0. The Hall–Kier alpha value is -4.76. The summed E-state index contributed by atoms with van der Waals surface area (Å²) in [6, 6.07) is 24.9. The SMILES string of the molecule is Cc1cc(COc2ccc(C(=O)NC3CCN(C(=O)c4ccccc4)CC3C(=O)NO)cc2)c2ccccc2n1. The number of hydroxylamine groups is 1. The van der Waals surface area contributed by atoms with Crippen LogP contribution in [0.15, 0.2) is 84.9 Å². The van der Waals surface area contributed by atoms with Gasteiger partial charge in [-0.3, -0.25) is 24.6 Å². The number of pyridine rings is 1. The number of hydrogen-bond acceptors (Lipinski definition) is 6. The van der Waals surface area contributed by atoms with Crippen LogP contribution in [0.2, 0.25) is 0 Å². The summed E-state index contributed by atoms with van der Waals surface area (Å²) in [5.74, 6) is -1.41. The van der Waals surface area contributed by atoms with E-state index in [4.69, 9.17) is 4.74 Å². The lowest BCUT2D eigenvalue weighted by atomic mass is 9.90. The van der Waals surface area contributed by atoms with Gasteiger partial charge in [-0.25, -0.2) is 5.48 Å². The summed E-state index contributed by atoms with van der Waals surface area (Å²) in [5.41, 5.74) is 5.45. The number of ether oxygens (including phenoxy) is 1. The predicted molar refractivity (Wildman–Crippen MR) is 149 cm³/mol. The molecule has 0 aliphatic carbocycles. The van der Waals surface area contributed by atoms with E-state index in [9.17, 15) is 19.6 Å². The molecular weight excluding hydrogens is 508 g/mol. The fourth-order valence-corrected chi connectivity index (χ4v) is 5.05. The number of para-hydroxylation sites is 1. The summed E-state index contributed by atoms with van der Waals surface area (Å²) in [4.78, 5) is 44.5. The van der Waals surface area contributed by atoms with Crippen LogP contribution in [0.1, 0.15) is 38.4 Å². The van der Waals surface area contributed by atoms with Crippen molar-refractivity contribution in [1.82, 2.24) is 20.7 Å². The third-order valence-corrected chi connectivity index (χ3v) is 7.12. The molecule has 3 aromatic carbocycles. The van der Waals surface area contributed by atoms with E-state index in [2.05, 4.69) is 10.3 Å². The average Bonchev–Trinajstić information content (AvgIpc) is 2.99. The Bertz CT molecular complexity index is 1520. The lowest BCUT2D eigenvalue weighted by molar-refractivity contribution is -0.135. The molecule has 2 unspecified atom stereocenters. The number of fused-ring (bicyclic) bond motifs is 1. The lowest BCUT2D eigenvalue weighted by Crippen LogP contribution is -2.56. The number of rotatable bonds is 7. The molecule has 5 rings (SSSR count). The molecule has 1 fully saturated rings. The molecule has 3 amide bonds. The number of nitrogens with zero attached hydrogens (tertiary/aromatic N) is 2. The Kier molecular flexibility index (Phi) is 8.02. The molecule has 1 aromatic heterocycles. The first-order valence-corrected chi connectivity index (χ1v) is 13.1. The van der Waals surface area contributed by atoms with Crippen molar-refractivity contribution < 1.29 is 24.3 Å². The number of hydrogen-bond donors (Lipinski definition) is 3. The topological polar surface area (TPSA) is 121 Å². The second-order valence-electron chi connectivity index (χ2n) is 9.82. The fourth-order valence-electron chi connectivity index (χ4n) is 5.05. The highest BCUT2D eigenvalue weighted by atomic mass is 16.5. The van der Waals surface area contributed by atoms with E-state index in [0.29, 0.717) is 36.4 Å². The highest BCUT2D eigenvalue weighted by Crippen LogP contribution is 2.23. The Morgan fingerprint density at radius 1 is 0.975 bits per heavy atom. The molecule has 204 valence electrons. The zero-order valence-electron chi connectivity index (χ0n) is 22.0. The maximum atomic E-state index is 13.0. The van der Waals surface area contributed by atoms with Gasteiger partial charge in [-0.2, -0.15) is 0 Å². The molecule has 1 aliphatic rings. The van der Waals surface area contributed by atoms with Crippen LogP contribution in [0, 0.1) is 12.8 Å². The molecule has 40 heavy (non-hydrogen) atoms. The zero-order chi connectivity index (χ0) is 28.1. The van der Waals surface area contributed by atoms with Crippen molar-refractivity contribution in [3.8, 4) is 5.75 Å². The molecule has 1 aliphatic heterocycles. The van der Waals surface area contributed by atoms with E-state index < -0.39 is 17.9 Å². The van der Waals surface area contributed by atoms with Gasteiger partial charge in [0.25, 0.3) is 11.8 Å². The summed E-state index contributed by atoms with van der Waals surface area (Å²) in [7, 11) is 0. The van der Waals surface area contributed by atoms with Crippen molar-refractivity contribution in [2.45, 2.75) is 26.0 Å². The Labute approximate surface area is 231 Å². The van der Waals surface area contributed by atoms with E-state index in [1.54, 1.807) is 58.9 Å². The minimum atomic E-state index is -0.809. The number of aryl methyl sites for hydroxylation is 1. The molecule has 1 saturated heterocycles. The Morgan fingerprint density at radius 2 is 1.70 bits per heavy atom. The molecule has 9 heteroatoms. The van der Waals surface area contributed by atoms with Gasteiger partial charge in [-0.15, -0.1) is 0 Å². The van der Waals surface area contributed by atoms with Gasteiger partial charge >= 0.3 is 0 Å². The van der Waals surface area contributed by atoms with Gasteiger partial charge in [0.2, 0.25) is 5.91 Å². The van der Waals surface area contributed by atoms with Crippen molar-refractivity contribution in [3.05, 3.63) is 107 Å². The molecule has 3 N–H and O–H groups in total. The average molecular weight is 539 g/mol. The van der Waals surface area contributed by atoms with Crippen LogP contribution < -0.4 is 15.5 Å². The van der Waals surface area contributed by atoms with Gasteiger partial charge in [-0.05, 0) is 61.9 Å². The Morgan fingerprint density at radius 3 is 2.45 bits per heavy atom. The van der Waals surface area contributed by atoms with E-state index in [1.807, 2.05) is 43.3 Å². The predicted octanol–water partition coefficient (Wildman–Crippen LogP) is 3.89. The normalized spacial score (nSPS) is 16.8. The number of nitrogens with one attached hydrogen (secondary N) is 2. The van der Waals surface area contributed by atoms with Crippen LogP contribution in [-0.4, -0.2) is 51.9 Å². The monoisotopic (exact) mass is 538 g/mol. The van der Waals surface area contributed by atoms with Gasteiger partial charge in [0.05, 0.1) is 11.4 Å². The van der Waals surface area contributed by atoms with E-state index in [-0.39, 0.29) is 18.4 Å². The zero-order valence-corrected chi connectivity index (χ0v) is 22.0. The summed E-state index contributed by atoms with van der Waals surface area (Å²) in [5, 5.41) is 13.2. The summed E-state index contributed by atoms with van der Waals surface area (Å²) < 4.78 is 6.00. The van der Waals surface area contributed by atoms with Gasteiger partial charge in [-0.1, -0.05) is 36.4 Å². The first kappa shape index (κ1) is 26.8. The second kappa shape index (κ2) is 12.0. The second-order valence-corrected chi connectivity index (χ2v) is 9.82. The number of likely N-dealkylation sites (tertiary alicyclic amines) is 1. The Balaban J connectivity index is 1.22. The molecule has 2 heterocycles. The number of carbonyl (C=O) groups excluding carboxylic acids is 3. The molecule has 0 saturated carbocycles. The maximum Gasteiger partial charge on any atom is 0.253 e. The van der Waals surface area contributed by atoms with Crippen LogP contribution in [-0.2, 0) is 11.4 Å². The van der Waals surface area contributed by atoms with Crippen LogP contribution in [0.5, 0.6) is 5.75 Å². The minimum Gasteiger partial charge on any atom is -0.489 e. The van der Waals surface area contributed by atoms with E-state index in [0.717, 1.165) is 22.2 Å². The molecule has 4 aromatic rings. The van der Waals surface area contributed by atoms with E-state index in [1.165, 1.54) is 0 Å². The highest BCUT2D eigenvalue weighted by molar-refractivity contribution is 5.96. The van der Waals surface area contributed by atoms with Crippen molar-refractivity contribution >= 4 is 28.6 Å². The molecular formula is C31H30N4O5. The number of piperidine rings is 1. The molecule has 9 nitrogen and oxygen atoms in total. The lowest BCUT2D eigenvalue weighted by Gasteiger charge is -2.37. The van der Waals surface area contributed by atoms with Crippen LogP contribution in [0.4, 0.5) is 0 Å². The molecule has 0 bridgehead atoms. The number of carbonyl (C=O) groups is 3. The molecule has 2 atom stereocenters. The fraction of sp³-hybridized carbons (Fsp3) is 0.226. The van der Waals surface area contributed by atoms with Gasteiger partial charge < -0.3 is 15.0 Å². The van der Waals surface area contributed by atoms with Crippen molar-refractivity contribution in [2.75, 3.05) is 13.1 Å². The maximum absolute atomic E-state index is 13.0. The van der Waals surface area contributed by atoms with Gasteiger partial charge in [0, 0.05) is 46.9 Å².